The zero-order chi connectivity index (χ0) is 6.41. The van der Waals surface area contributed by atoms with Crippen LogP contribution in [0.15, 0.2) is 0 Å². The SMILES string of the molecule is [NH2][AlH][O]C(=O)[O][AlH][NH2]. The maximum atomic E-state index is 10.1. The molecule has 0 aromatic carbocycles. The van der Waals surface area contributed by atoms with Crippen molar-refractivity contribution in [1.29, 1.82) is 0 Å². The van der Waals surface area contributed by atoms with Crippen LogP contribution in [0, 0.1) is 0 Å². The highest BCUT2D eigenvalue weighted by molar-refractivity contribution is 6.29. The Bertz CT molecular complexity index is 69.7. The summed E-state index contributed by atoms with van der Waals surface area (Å²) in [5, 5.41) is 0. The van der Waals surface area contributed by atoms with Crippen molar-refractivity contribution in [2.75, 3.05) is 0 Å². The molecule has 0 aliphatic heterocycles. The highest BCUT2D eigenvalue weighted by Gasteiger charge is 2.00. The summed E-state index contributed by atoms with van der Waals surface area (Å²) < 4.78 is 18.5. The molecule has 0 saturated heterocycles. The second-order valence-electron chi connectivity index (χ2n) is 0.872. The minimum atomic E-state index is -1.16. The van der Waals surface area contributed by atoms with Gasteiger partial charge in [-0.2, -0.15) is 0 Å². The van der Waals surface area contributed by atoms with Gasteiger partial charge in [0.15, 0.2) is 0 Å². The van der Waals surface area contributed by atoms with Crippen molar-refractivity contribution in [3.8, 4) is 0 Å². The van der Waals surface area contributed by atoms with E-state index in [1.54, 1.807) is 0 Å². The Morgan fingerprint density at radius 2 is 1.62 bits per heavy atom. The molecule has 0 unspecified atom stereocenters. The van der Waals surface area contributed by atoms with E-state index in [2.05, 4.69) is 7.58 Å². The third-order valence-electron chi connectivity index (χ3n) is 0.402. The lowest BCUT2D eigenvalue weighted by atomic mass is 11.5. The van der Waals surface area contributed by atoms with Gasteiger partial charge in [-0.15, -0.1) is 0 Å². The molecule has 5 nitrogen and oxygen atoms in total. The third kappa shape index (κ3) is 4.41. The first-order valence-electron chi connectivity index (χ1n) is 2.01. The molecular weight excluding hydrogens is 142 g/mol. The fourth-order valence-electron chi connectivity index (χ4n) is 0.178. The number of hydrogen-bond acceptors (Lipinski definition) is 5. The van der Waals surface area contributed by atoms with Gasteiger partial charge in [-0.05, 0) is 0 Å². The van der Waals surface area contributed by atoms with E-state index in [4.69, 9.17) is 9.43 Å². The molecule has 0 bridgehead atoms. The molecule has 0 aliphatic rings. The summed E-state index contributed by atoms with van der Waals surface area (Å²) >= 11 is -2.32. The van der Waals surface area contributed by atoms with Gasteiger partial charge >= 0.3 is 37.7 Å². The van der Waals surface area contributed by atoms with Crippen LogP contribution in [0.3, 0.4) is 0 Å². The largest absolute Gasteiger partial charge is 0.642 e. The molecule has 0 radical (unpaired) electrons. The Kier molecular flexibility index (Phi) is 5.56. The molecule has 8 heavy (non-hydrogen) atoms. The van der Waals surface area contributed by atoms with Crippen LogP contribution in [0.1, 0.15) is 0 Å². The first kappa shape index (κ1) is 8.25. The lowest BCUT2D eigenvalue weighted by Gasteiger charge is -2.00. The Labute approximate surface area is 59.8 Å². The molecule has 0 amide bonds. The molecule has 0 fully saturated rings. The number of hydrogen-bond donors (Lipinski definition) is 2. The molecule has 0 aliphatic carbocycles. The van der Waals surface area contributed by atoms with Crippen molar-refractivity contribution in [2.45, 2.75) is 0 Å². The highest BCUT2D eigenvalue weighted by Crippen LogP contribution is 1.74. The van der Waals surface area contributed by atoms with Gasteiger partial charge in [-0.25, -0.2) is 4.79 Å². The van der Waals surface area contributed by atoms with E-state index in [9.17, 15) is 4.79 Å². The summed E-state index contributed by atoms with van der Waals surface area (Å²) in [6.07, 6.45) is -0.715. The van der Waals surface area contributed by atoms with Gasteiger partial charge in [0, 0.05) is 0 Å². The number of carbonyl (C=O) groups excluding carboxylic acids is 1. The van der Waals surface area contributed by atoms with Gasteiger partial charge in [0.2, 0.25) is 0 Å². The molecule has 44 valence electrons. The van der Waals surface area contributed by atoms with E-state index in [1.165, 1.54) is 0 Å². The van der Waals surface area contributed by atoms with Crippen molar-refractivity contribution >= 4 is 37.7 Å². The number of rotatable bonds is 2. The lowest BCUT2D eigenvalue weighted by Crippen LogP contribution is -2.21. The van der Waals surface area contributed by atoms with Crippen molar-refractivity contribution in [3.05, 3.63) is 0 Å². The van der Waals surface area contributed by atoms with Crippen LogP contribution < -0.4 is 9.43 Å². The molecule has 0 rings (SSSR count). The molecule has 7 heteroatoms. The molecule has 0 aromatic heterocycles. The lowest BCUT2D eigenvalue weighted by molar-refractivity contribution is 0.156. The smallest absolute Gasteiger partial charge is 0.577 e. The summed E-state index contributed by atoms with van der Waals surface area (Å²) in [6.45, 7) is 0. The van der Waals surface area contributed by atoms with Gasteiger partial charge < -0.3 is 17.0 Å². The van der Waals surface area contributed by atoms with Crippen molar-refractivity contribution in [3.63, 3.8) is 0 Å². The molecule has 0 heterocycles. The van der Waals surface area contributed by atoms with Crippen molar-refractivity contribution in [2.24, 2.45) is 9.43 Å². The van der Waals surface area contributed by atoms with Gasteiger partial charge in [0.25, 0.3) is 0 Å². The van der Waals surface area contributed by atoms with Gasteiger partial charge in [-0.1, -0.05) is 0 Å². The minimum absolute atomic E-state index is 0.715. The summed E-state index contributed by atoms with van der Waals surface area (Å²) in [5.74, 6) is 0. The van der Waals surface area contributed by atoms with E-state index in [-0.39, 0.29) is 0 Å². The first-order chi connectivity index (χ1) is 3.81. The number of carbonyl (C=O) groups is 1. The summed E-state index contributed by atoms with van der Waals surface area (Å²) in [7, 11) is 0. The zero-order valence-electron chi connectivity index (χ0n) is 4.29. The Balaban J connectivity index is 3.06. The van der Waals surface area contributed by atoms with E-state index < -0.39 is 37.7 Å². The molecule has 0 spiro atoms. The fourth-order valence-corrected chi connectivity index (χ4v) is 0.783. The van der Waals surface area contributed by atoms with Crippen molar-refractivity contribution in [1.82, 2.24) is 0 Å². The fraction of sp³-hybridized carbons (Fsp3) is 0. The predicted octanol–water partition coefficient (Wildman–Crippen LogP) is -2.41. The average Bonchev–Trinajstić information content (AvgIpc) is 1.68. The first-order valence-corrected chi connectivity index (χ1v) is 4.79. The molecule has 0 saturated carbocycles. The molecular formula is CH6Al2N2O3. The van der Waals surface area contributed by atoms with Crippen LogP contribution in [0.4, 0.5) is 4.79 Å². The van der Waals surface area contributed by atoms with E-state index in [0.29, 0.717) is 0 Å². The van der Waals surface area contributed by atoms with E-state index >= 15 is 0 Å². The maximum Gasteiger partial charge on any atom is 0.642 e. The second-order valence-corrected chi connectivity index (χ2v) is 2.12. The Morgan fingerprint density at radius 3 is 1.88 bits per heavy atom. The normalized spacial score (nSPS) is 7.25. The van der Waals surface area contributed by atoms with E-state index in [1.807, 2.05) is 0 Å². The quantitative estimate of drug-likeness (QED) is 0.426. The van der Waals surface area contributed by atoms with Crippen LogP contribution >= 0.6 is 0 Å². The predicted molar refractivity (Wildman–Crippen MR) is 30.2 cm³/mol. The maximum absolute atomic E-state index is 10.1. The van der Waals surface area contributed by atoms with Crippen LogP contribution in [-0.2, 0) is 7.58 Å². The number of nitrogens with two attached hydrogens (primary N) is 2. The highest BCUT2D eigenvalue weighted by atomic mass is 27.2. The summed E-state index contributed by atoms with van der Waals surface area (Å²) in [6, 6.07) is 0. The summed E-state index contributed by atoms with van der Waals surface area (Å²) in [5.41, 5.74) is 0. The van der Waals surface area contributed by atoms with Crippen LogP contribution in [-0.4, -0.2) is 37.7 Å². The molecule has 0 aromatic rings. The standard InChI is InChI=1S/CH2O3.2Al.2H2N.2H/c2-1(3)4;;;;;;/h(H2,2,3,4);;;2*1H2;;/q;2*+2;2*-1;;/p-2. The van der Waals surface area contributed by atoms with Gasteiger partial charge in [-0.3, -0.25) is 0 Å². The Morgan fingerprint density at radius 1 is 1.25 bits per heavy atom. The molecule has 4 N–H and O–H groups in total. The van der Waals surface area contributed by atoms with Crippen LogP contribution in [0.25, 0.3) is 0 Å². The third-order valence-corrected chi connectivity index (χ3v) is 1.21. The van der Waals surface area contributed by atoms with Gasteiger partial charge in [0.05, 0.1) is 0 Å². The monoisotopic (exact) mass is 148 g/mol. The average molecular weight is 148 g/mol. The minimum Gasteiger partial charge on any atom is -0.577 e. The zero-order valence-corrected chi connectivity index (χ0v) is 7.12. The second kappa shape index (κ2) is 5.39. The van der Waals surface area contributed by atoms with Crippen LogP contribution in [0.2, 0.25) is 0 Å². The summed E-state index contributed by atoms with van der Waals surface area (Å²) in [4.78, 5) is 10.1. The molecule has 0 atom stereocenters. The van der Waals surface area contributed by atoms with Gasteiger partial charge in [0.1, 0.15) is 0 Å². The van der Waals surface area contributed by atoms with E-state index in [0.717, 1.165) is 0 Å². The Hall–Kier alpha value is 0.255. The van der Waals surface area contributed by atoms with Crippen LogP contribution in [0.5, 0.6) is 0 Å². The topological polar surface area (TPSA) is 87.6 Å². The van der Waals surface area contributed by atoms with Crippen molar-refractivity contribution < 1.29 is 12.4 Å².